The molecule has 4 aromatic rings. The third-order valence-electron chi connectivity index (χ3n) is 7.67. The molecule has 0 N–H and O–H groups in total. The fourth-order valence-electron chi connectivity index (χ4n) is 5.08. The third-order valence-corrected chi connectivity index (χ3v) is 7.67. The van der Waals surface area contributed by atoms with E-state index in [1.807, 2.05) is 31.5 Å². The average Bonchev–Trinajstić information content (AvgIpc) is 3.00. The minimum Gasteiger partial charge on any atom is -0.371 e. The molecule has 0 amide bonds. The van der Waals surface area contributed by atoms with Crippen LogP contribution in [0.2, 0.25) is 0 Å². The highest BCUT2D eigenvalue weighted by Gasteiger charge is 2.10. The number of hydrogen-bond donors (Lipinski definition) is 0. The molecule has 0 aliphatic carbocycles. The Labute approximate surface area is 256 Å². The van der Waals surface area contributed by atoms with Gasteiger partial charge in [0.15, 0.2) is 0 Å². The molecule has 222 valence electrons. The van der Waals surface area contributed by atoms with Crippen molar-refractivity contribution in [2.24, 2.45) is 0 Å². The molecule has 0 radical (unpaired) electrons. The van der Waals surface area contributed by atoms with Gasteiger partial charge in [0.2, 0.25) is 0 Å². The lowest BCUT2D eigenvalue weighted by molar-refractivity contribution is -0.384. The lowest BCUT2D eigenvalue weighted by Crippen LogP contribution is -2.26. The molecule has 0 unspecified atom stereocenters. The lowest BCUT2D eigenvalue weighted by atomic mass is 10.0. The topological polar surface area (TPSA) is 72.2 Å². The number of nitro groups is 1. The van der Waals surface area contributed by atoms with Gasteiger partial charge in [-0.3, -0.25) is 20.1 Å². The molecular weight excluding hydrogens is 532 g/mol. The van der Waals surface area contributed by atoms with Crippen LogP contribution in [0.4, 0.5) is 11.4 Å². The normalized spacial score (nSPS) is 11.5. The Hall–Kier alpha value is -4.58. The zero-order valence-electron chi connectivity index (χ0n) is 26.0. The van der Waals surface area contributed by atoms with Gasteiger partial charge in [-0.15, -0.1) is 0 Å². The van der Waals surface area contributed by atoms with E-state index in [1.165, 1.54) is 54.6 Å². The molecule has 2 heterocycles. The summed E-state index contributed by atoms with van der Waals surface area (Å²) in [5.41, 5.74) is 10.8. The number of benzene rings is 2. The van der Waals surface area contributed by atoms with Crippen molar-refractivity contribution in [3.05, 3.63) is 116 Å². The Morgan fingerprint density at radius 2 is 1.21 bits per heavy atom. The highest BCUT2D eigenvalue weighted by molar-refractivity contribution is 5.74. The van der Waals surface area contributed by atoms with Crippen LogP contribution in [-0.2, 0) is 0 Å². The molecule has 6 nitrogen and oxygen atoms in total. The second-order valence-electron chi connectivity index (χ2n) is 11.1. The molecule has 0 aliphatic heterocycles. The van der Waals surface area contributed by atoms with Gasteiger partial charge in [-0.25, -0.2) is 0 Å². The molecule has 6 heteroatoms. The summed E-state index contributed by atoms with van der Waals surface area (Å²) in [6, 6.07) is 17.5. The van der Waals surface area contributed by atoms with Gasteiger partial charge in [0, 0.05) is 54.4 Å². The predicted octanol–water partition coefficient (Wildman–Crippen LogP) is 9.72. The maximum atomic E-state index is 10.9. The molecule has 43 heavy (non-hydrogen) atoms. The summed E-state index contributed by atoms with van der Waals surface area (Å²) in [6.45, 7) is 13.1. The van der Waals surface area contributed by atoms with Crippen LogP contribution >= 0.6 is 0 Å². The second kappa shape index (κ2) is 15.1. The van der Waals surface area contributed by atoms with Crippen molar-refractivity contribution in [3.63, 3.8) is 0 Å². The standard InChI is InChI=1S/C37H42N4O2/c1-6-8-20-40(21-9-7-2)37-19-14-31(22-29(37)5)13-18-36-28(4)24-33(26-39-36)32-23-27(3)35(38-25-32)17-12-30-10-15-34(16-11-30)41(42)43/h10-19,22-26H,6-9,20-21H2,1-5H3/b17-12+,18-13+. The number of aromatic nitrogens is 2. The van der Waals surface area contributed by atoms with E-state index in [0.717, 1.165) is 52.3 Å². The monoisotopic (exact) mass is 574 g/mol. The third kappa shape index (κ3) is 8.48. The fourth-order valence-corrected chi connectivity index (χ4v) is 5.08. The van der Waals surface area contributed by atoms with E-state index < -0.39 is 4.92 Å². The molecule has 0 atom stereocenters. The number of rotatable bonds is 13. The van der Waals surface area contributed by atoms with Crippen molar-refractivity contribution in [2.45, 2.75) is 60.3 Å². The molecule has 0 spiro atoms. The van der Waals surface area contributed by atoms with Crippen molar-refractivity contribution in [1.29, 1.82) is 0 Å². The Bertz CT molecular complexity index is 1600. The van der Waals surface area contributed by atoms with Gasteiger partial charge in [-0.2, -0.15) is 0 Å². The van der Waals surface area contributed by atoms with Gasteiger partial charge < -0.3 is 4.90 Å². The van der Waals surface area contributed by atoms with Crippen molar-refractivity contribution < 1.29 is 4.92 Å². The van der Waals surface area contributed by atoms with Crippen molar-refractivity contribution in [2.75, 3.05) is 18.0 Å². The van der Waals surface area contributed by atoms with Crippen LogP contribution in [0.3, 0.4) is 0 Å². The molecule has 2 aromatic heterocycles. The van der Waals surface area contributed by atoms with Gasteiger partial charge in [-0.05, 0) is 110 Å². The van der Waals surface area contributed by atoms with Gasteiger partial charge >= 0.3 is 0 Å². The SMILES string of the molecule is CCCCN(CCCC)c1ccc(/C=C/c2ncc(-c3cnc(/C=C/c4ccc([N+](=O)[O-])cc4)c(C)c3)cc2C)cc1C. The molecule has 0 saturated carbocycles. The molecular formula is C37H42N4O2. The Morgan fingerprint density at radius 3 is 1.67 bits per heavy atom. The number of pyridine rings is 2. The molecule has 0 fully saturated rings. The number of anilines is 1. The number of nitrogens with zero attached hydrogens (tertiary/aromatic N) is 4. The van der Waals surface area contributed by atoms with Crippen LogP contribution in [-0.4, -0.2) is 28.0 Å². The molecule has 0 aliphatic rings. The van der Waals surface area contributed by atoms with Crippen molar-refractivity contribution in [1.82, 2.24) is 9.97 Å². The first-order chi connectivity index (χ1) is 20.8. The lowest BCUT2D eigenvalue weighted by Gasteiger charge is -2.26. The molecule has 4 rings (SSSR count). The summed E-state index contributed by atoms with van der Waals surface area (Å²) in [6.07, 6.45) is 16.7. The number of hydrogen-bond acceptors (Lipinski definition) is 5. The maximum Gasteiger partial charge on any atom is 0.269 e. The molecule has 0 saturated heterocycles. The van der Waals surface area contributed by atoms with E-state index in [2.05, 4.69) is 80.1 Å². The molecule has 2 aromatic carbocycles. The predicted molar refractivity (Wildman–Crippen MR) is 181 cm³/mol. The largest absolute Gasteiger partial charge is 0.371 e. The zero-order chi connectivity index (χ0) is 30.8. The van der Waals surface area contributed by atoms with Crippen LogP contribution in [0.1, 0.15) is 78.7 Å². The first-order valence-corrected chi connectivity index (χ1v) is 15.2. The highest BCUT2D eigenvalue weighted by atomic mass is 16.6. The Balaban J connectivity index is 1.45. The van der Waals surface area contributed by atoms with E-state index >= 15 is 0 Å². The summed E-state index contributed by atoms with van der Waals surface area (Å²) in [5.74, 6) is 0. The summed E-state index contributed by atoms with van der Waals surface area (Å²) in [5, 5.41) is 10.9. The van der Waals surface area contributed by atoms with E-state index in [9.17, 15) is 10.1 Å². The van der Waals surface area contributed by atoms with Crippen LogP contribution < -0.4 is 4.90 Å². The maximum absolute atomic E-state index is 10.9. The number of unbranched alkanes of at least 4 members (excludes halogenated alkanes) is 2. The number of aryl methyl sites for hydroxylation is 3. The van der Waals surface area contributed by atoms with Crippen LogP contribution in [0.5, 0.6) is 0 Å². The second-order valence-corrected chi connectivity index (χ2v) is 11.1. The highest BCUT2D eigenvalue weighted by Crippen LogP contribution is 2.26. The summed E-state index contributed by atoms with van der Waals surface area (Å²) in [4.78, 5) is 22.5. The van der Waals surface area contributed by atoms with Gasteiger partial charge in [0.25, 0.3) is 5.69 Å². The average molecular weight is 575 g/mol. The Kier molecular flexibility index (Phi) is 11.0. The van der Waals surface area contributed by atoms with Gasteiger partial charge in [0.05, 0.1) is 16.3 Å². The van der Waals surface area contributed by atoms with E-state index in [1.54, 1.807) is 12.1 Å². The first kappa shape index (κ1) is 31.4. The fraction of sp³-hybridized carbons (Fsp3) is 0.297. The number of non-ortho nitro benzene ring substituents is 1. The minimum absolute atomic E-state index is 0.0809. The number of nitro benzene ring substituents is 1. The van der Waals surface area contributed by atoms with Crippen LogP contribution in [0, 0.1) is 30.9 Å². The summed E-state index contributed by atoms with van der Waals surface area (Å²) in [7, 11) is 0. The summed E-state index contributed by atoms with van der Waals surface area (Å²) >= 11 is 0. The van der Waals surface area contributed by atoms with Gasteiger partial charge in [-0.1, -0.05) is 44.9 Å². The van der Waals surface area contributed by atoms with E-state index in [-0.39, 0.29) is 5.69 Å². The Morgan fingerprint density at radius 1 is 0.698 bits per heavy atom. The van der Waals surface area contributed by atoms with E-state index in [0.29, 0.717) is 0 Å². The minimum atomic E-state index is -0.395. The van der Waals surface area contributed by atoms with Crippen molar-refractivity contribution >= 4 is 35.7 Å². The van der Waals surface area contributed by atoms with E-state index in [4.69, 9.17) is 4.98 Å². The first-order valence-electron chi connectivity index (χ1n) is 15.2. The summed E-state index contributed by atoms with van der Waals surface area (Å²) < 4.78 is 0. The zero-order valence-corrected chi connectivity index (χ0v) is 26.0. The molecule has 0 bridgehead atoms. The van der Waals surface area contributed by atoms with Crippen molar-refractivity contribution in [3.8, 4) is 11.1 Å². The van der Waals surface area contributed by atoms with Crippen LogP contribution in [0.25, 0.3) is 35.4 Å². The van der Waals surface area contributed by atoms with Crippen LogP contribution in [0.15, 0.2) is 67.0 Å². The van der Waals surface area contributed by atoms with Gasteiger partial charge in [0.1, 0.15) is 0 Å². The quantitative estimate of drug-likeness (QED) is 0.117. The smallest absolute Gasteiger partial charge is 0.269 e.